The molecule has 0 bridgehead atoms. The highest BCUT2D eigenvalue weighted by Gasteiger charge is 2.35. The van der Waals surface area contributed by atoms with Gasteiger partial charge in [0.25, 0.3) is 0 Å². The van der Waals surface area contributed by atoms with Crippen LogP contribution in [0.25, 0.3) is 0 Å². The van der Waals surface area contributed by atoms with E-state index in [1.807, 2.05) is 4.68 Å². The van der Waals surface area contributed by atoms with Gasteiger partial charge in [0.05, 0.1) is 13.1 Å². The Morgan fingerprint density at radius 1 is 1.30 bits per heavy atom. The first-order chi connectivity index (χ1) is 9.65. The second-order valence-corrected chi connectivity index (χ2v) is 6.73. The molecule has 1 heterocycles. The van der Waals surface area contributed by atoms with Crippen LogP contribution in [-0.4, -0.2) is 26.8 Å². The lowest BCUT2D eigenvalue weighted by Gasteiger charge is -2.30. The van der Waals surface area contributed by atoms with Crippen LogP contribution in [0.15, 0.2) is 0 Å². The minimum absolute atomic E-state index is 0.420. The summed E-state index contributed by atoms with van der Waals surface area (Å²) in [5.41, 5.74) is 0.420. The van der Waals surface area contributed by atoms with E-state index in [4.69, 9.17) is 0 Å². The molecular weight excluding hydrogens is 250 g/mol. The summed E-state index contributed by atoms with van der Waals surface area (Å²) in [7, 11) is 0. The maximum atomic E-state index is 4.23. The van der Waals surface area contributed by atoms with Gasteiger partial charge in [0.2, 0.25) is 0 Å². The molecule has 1 aliphatic carbocycles. The van der Waals surface area contributed by atoms with E-state index >= 15 is 0 Å². The lowest BCUT2D eigenvalue weighted by molar-refractivity contribution is 0.184. The Hall–Kier alpha value is -0.970. The van der Waals surface area contributed by atoms with Gasteiger partial charge in [0.15, 0.2) is 5.82 Å². The third-order valence-corrected chi connectivity index (χ3v) is 4.31. The van der Waals surface area contributed by atoms with Gasteiger partial charge in [-0.2, -0.15) is 0 Å². The number of tetrazole rings is 1. The van der Waals surface area contributed by atoms with E-state index in [-0.39, 0.29) is 0 Å². The van der Waals surface area contributed by atoms with Gasteiger partial charge in [-0.15, -0.1) is 5.10 Å². The van der Waals surface area contributed by atoms with E-state index in [0.717, 1.165) is 37.8 Å². The van der Waals surface area contributed by atoms with Crippen molar-refractivity contribution in [3.63, 3.8) is 0 Å². The third kappa shape index (κ3) is 4.01. The molecule has 1 aromatic heterocycles. The van der Waals surface area contributed by atoms with Crippen LogP contribution in [0.3, 0.4) is 0 Å². The quantitative estimate of drug-likeness (QED) is 0.743. The molecule has 1 aliphatic rings. The number of aromatic nitrogens is 4. The van der Waals surface area contributed by atoms with E-state index in [1.54, 1.807) is 0 Å². The molecule has 0 aromatic carbocycles. The first-order valence-electron chi connectivity index (χ1n) is 8.11. The van der Waals surface area contributed by atoms with Gasteiger partial charge in [-0.25, -0.2) is 4.68 Å². The molecule has 1 N–H and O–H groups in total. The maximum Gasteiger partial charge on any atom is 0.165 e. The summed E-state index contributed by atoms with van der Waals surface area (Å²) in [5.74, 6) is 1.72. The Morgan fingerprint density at radius 3 is 2.70 bits per heavy atom. The molecule has 0 atom stereocenters. The largest absolute Gasteiger partial charge is 0.310 e. The van der Waals surface area contributed by atoms with Crippen molar-refractivity contribution in [2.24, 2.45) is 11.3 Å². The summed E-state index contributed by atoms with van der Waals surface area (Å²) >= 11 is 0. The molecule has 5 nitrogen and oxygen atoms in total. The molecule has 1 saturated carbocycles. The van der Waals surface area contributed by atoms with Gasteiger partial charge < -0.3 is 5.32 Å². The first-order valence-corrected chi connectivity index (χ1v) is 8.11. The average molecular weight is 279 g/mol. The molecule has 20 heavy (non-hydrogen) atoms. The van der Waals surface area contributed by atoms with Crippen LogP contribution >= 0.6 is 0 Å². The lowest BCUT2D eigenvalue weighted by atomic mass is 9.78. The SMILES string of the molecule is CCCNCc1nnnn1CC1(CC(C)C)CCCC1. The van der Waals surface area contributed by atoms with Crippen LogP contribution in [0, 0.1) is 11.3 Å². The zero-order valence-electron chi connectivity index (χ0n) is 13.2. The minimum atomic E-state index is 0.420. The Labute approximate surface area is 122 Å². The van der Waals surface area contributed by atoms with Crippen molar-refractivity contribution in [1.29, 1.82) is 0 Å². The molecule has 0 unspecified atom stereocenters. The van der Waals surface area contributed by atoms with Crippen LogP contribution in [0.4, 0.5) is 0 Å². The summed E-state index contributed by atoms with van der Waals surface area (Å²) in [4.78, 5) is 0. The van der Waals surface area contributed by atoms with Gasteiger partial charge >= 0.3 is 0 Å². The highest BCUT2D eigenvalue weighted by molar-refractivity contribution is 4.89. The number of nitrogens with one attached hydrogen (secondary N) is 1. The van der Waals surface area contributed by atoms with Crippen LogP contribution in [0.2, 0.25) is 0 Å². The summed E-state index contributed by atoms with van der Waals surface area (Å²) in [6.45, 7) is 9.60. The molecule has 1 aromatic rings. The van der Waals surface area contributed by atoms with E-state index in [2.05, 4.69) is 41.6 Å². The zero-order valence-corrected chi connectivity index (χ0v) is 13.2. The minimum Gasteiger partial charge on any atom is -0.310 e. The van der Waals surface area contributed by atoms with Crippen LogP contribution in [-0.2, 0) is 13.1 Å². The Kier molecular flexibility index (Phi) is 5.52. The van der Waals surface area contributed by atoms with Gasteiger partial charge in [0.1, 0.15) is 0 Å². The van der Waals surface area contributed by atoms with Gasteiger partial charge in [-0.1, -0.05) is 33.6 Å². The number of nitrogens with zero attached hydrogens (tertiary/aromatic N) is 4. The van der Waals surface area contributed by atoms with Crippen molar-refractivity contribution in [2.45, 2.75) is 72.4 Å². The van der Waals surface area contributed by atoms with Gasteiger partial charge in [-0.3, -0.25) is 0 Å². The van der Waals surface area contributed by atoms with Crippen molar-refractivity contribution in [3.8, 4) is 0 Å². The zero-order chi connectivity index (χ0) is 14.4. The highest BCUT2D eigenvalue weighted by atomic mass is 15.5. The fraction of sp³-hybridized carbons (Fsp3) is 0.933. The predicted octanol–water partition coefficient (Wildman–Crippen LogP) is 2.78. The summed E-state index contributed by atoms with van der Waals surface area (Å²) in [5, 5.41) is 15.7. The first kappa shape index (κ1) is 15.4. The molecule has 0 amide bonds. The summed E-state index contributed by atoms with van der Waals surface area (Å²) in [6.07, 6.45) is 7.80. The van der Waals surface area contributed by atoms with Gasteiger partial charge in [0, 0.05) is 0 Å². The van der Waals surface area contributed by atoms with E-state index in [0.29, 0.717) is 5.41 Å². The third-order valence-electron chi connectivity index (χ3n) is 4.31. The smallest absolute Gasteiger partial charge is 0.165 e. The number of hydrogen-bond donors (Lipinski definition) is 1. The van der Waals surface area contributed by atoms with Crippen LogP contribution in [0.5, 0.6) is 0 Å². The molecule has 114 valence electrons. The second-order valence-electron chi connectivity index (χ2n) is 6.73. The average Bonchev–Trinajstić information content (AvgIpc) is 3.00. The topological polar surface area (TPSA) is 55.6 Å². The molecule has 5 heteroatoms. The van der Waals surface area contributed by atoms with Crippen molar-refractivity contribution < 1.29 is 0 Å². The van der Waals surface area contributed by atoms with E-state index in [1.165, 1.54) is 32.1 Å². The van der Waals surface area contributed by atoms with Crippen molar-refractivity contribution in [3.05, 3.63) is 5.82 Å². The highest BCUT2D eigenvalue weighted by Crippen LogP contribution is 2.44. The summed E-state index contributed by atoms with van der Waals surface area (Å²) < 4.78 is 2.04. The molecule has 0 radical (unpaired) electrons. The normalized spacial score (nSPS) is 18.0. The molecule has 0 aliphatic heterocycles. The monoisotopic (exact) mass is 279 g/mol. The molecular formula is C15H29N5. The summed E-state index contributed by atoms with van der Waals surface area (Å²) in [6, 6.07) is 0. The fourth-order valence-electron chi connectivity index (χ4n) is 3.59. The predicted molar refractivity (Wildman–Crippen MR) is 80.2 cm³/mol. The Morgan fingerprint density at radius 2 is 2.05 bits per heavy atom. The number of rotatable bonds is 8. The van der Waals surface area contributed by atoms with Gasteiger partial charge in [-0.05, 0) is 54.0 Å². The Balaban J connectivity index is 2.01. The van der Waals surface area contributed by atoms with E-state index in [9.17, 15) is 0 Å². The Bertz CT molecular complexity index is 393. The number of hydrogen-bond acceptors (Lipinski definition) is 4. The molecule has 2 rings (SSSR count). The van der Waals surface area contributed by atoms with Crippen LogP contribution in [0.1, 0.15) is 65.1 Å². The van der Waals surface area contributed by atoms with Crippen LogP contribution < -0.4 is 5.32 Å². The van der Waals surface area contributed by atoms with Crippen molar-refractivity contribution in [1.82, 2.24) is 25.5 Å². The molecule has 0 spiro atoms. The molecule has 0 saturated heterocycles. The maximum absolute atomic E-state index is 4.23. The fourth-order valence-corrected chi connectivity index (χ4v) is 3.59. The van der Waals surface area contributed by atoms with E-state index < -0.39 is 0 Å². The van der Waals surface area contributed by atoms with Crippen molar-refractivity contribution >= 4 is 0 Å². The molecule has 1 fully saturated rings. The van der Waals surface area contributed by atoms with Crippen molar-refractivity contribution in [2.75, 3.05) is 6.54 Å². The second kappa shape index (κ2) is 7.16. The standard InChI is InChI=1S/C15H29N5/c1-4-9-16-11-14-17-18-19-20(14)12-15(10-13(2)3)7-5-6-8-15/h13,16H,4-12H2,1-3H3. The lowest BCUT2D eigenvalue weighted by Crippen LogP contribution is -2.28.